The molecule has 2 heterocycles. The Hall–Kier alpha value is -0.0800. The van der Waals surface area contributed by atoms with Crippen LogP contribution in [-0.4, -0.2) is 24.8 Å². The van der Waals surface area contributed by atoms with Crippen molar-refractivity contribution in [3.63, 3.8) is 0 Å². The van der Waals surface area contributed by atoms with Crippen molar-refractivity contribution < 1.29 is 4.74 Å². The van der Waals surface area contributed by atoms with Gasteiger partial charge in [-0.05, 0) is 38.6 Å². The Balaban J connectivity index is 1.84. The Morgan fingerprint density at radius 2 is 2.12 bits per heavy atom. The molecule has 2 heteroatoms. The number of unbranched alkanes of at least 4 members (excludes halogenated alkanes) is 1. The van der Waals surface area contributed by atoms with Gasteiger partial charge in [-0.1, -0.05) is 26.7 Å². The van der Waals surface area contributed by atoms with Gasteiger partial charge in [0.1, 0.15) is 0 Å². The zero-order chi connectivity index (χ0) is 11.4. The summed E-state index contributed by atoms with van der Waals surface area (Å²) in [7, 11) is 0. The molecule has 1 N–H and O–H groups in total. The Kier molecular flexibility index (Phi) is 4.66. The van der Waals surface area contributed by atoms with Gasteiger partial charge in [-0.25, -0.2) is 0 Å². The van der Waals surface area contributed by atoms with E-state index in [9.17, 15) is 0 Å². The molecule has 4 unspecified atom stereocenters. The van der Waals surface area contributed by atoms with E-state index < -0.39 is 0 Å². The van der Waals surface area contributed by atoms with Gasteiger partial charge in [0.15, 0.2) is 0 Å². The topological polar surface area (TPSA) is 21.3 Å². The molecule has 2 bridgehead atoms. The molecule has 0 aromatic rings. The molecular formula is C14H27NO. The monoisotopic (exact) mass is 225 g/mol. The summed E-state index contributed by atoms with van der Waals surface area (Å²) in [5.41, 5.74) is 0. The van der Waals surface area contributed by atoms with E-state index in [0.29, 0.717) is 12.2 Å². The molecule has 0 spiro atoms. The Morgan fingerprint density at radius 1 is 1.25 bits per heavy atom. The average molecular weight is 225 g/mol. The molecule has 0 saturated carbocycles. The second kappa shape index (κ2) is 6.02. The van der Waals surface area contributed by atoms with Crippen molar-refractivity contribution in [3.8, 4) is 0 Å². The maximum absolute atomic E-state index is 5.99. The summed E-state index contributed by atoms with van der Waals surface area (Å²) >= 11 is 0. The quantitative estimate of drug-likeness (QED) is 0.719. The number of ether oxygens (including phenoxy) is 1. The van der Waals surface area contributed by atoms with Gasteiger partial charge >= 0.3 is 0 Å². The van der Waals surface area contributed by atoms with Crippen molar-refractivity contribution in [1.29, 1.82) is 0 Å². The van der Waals surface area contributed by atoms with E-state index in [2.05, 4.69) is 19.2 Å². The molecule has 16 heavy (non-hydrogen) atoms. The summed E-state index contributed by atoms with van der Waals surface area (Å²) in [6, 6.07) is 0.718. The van der Waals surface area contributed by atoms with E-state index in [1.807, 2.05) is 0 Å². The van der Waals surface area contributed by atoms with Crippen LogP contribution in [0.2, 0.25) is 0 Å². The van der Waals surface area contributed by atoms with Crippen LogP contribution in [0, 0.1) is 5.92 Å². The average Bonchev–Trinajstić information content (AvgIpc) is 2.91. The van der Waals surface area contributed by atoms with Crippen LogP contribution in [0.4, 0.5) is 0 Å². The number of nitrogens with one attached hydrogen (secondary N) is 1. The van der Waals surface area contributed by atoms with Gasteiger partial charge in [0.05, 0.1) is 12.2 Å². The first kappa shape index (κ1) is 12.4. The first-order chi connectivity index (χ1) is 7.85. The third-order valence-electron chi connectivity index (χ3n) is 4.20. The predicted molar refractivity (Wildman–Crippen MR) is 67.6 cm³/mol. The summed E-state index contributed by atoms with van der Waals surface area (Å²) in [4.78, 5) is 0. The first-order valence-corrected chi connectivity index (χ1v) is 7.24. The van der Waals surface area contributed by atoms with Crippen LogP contribution >= 0.6 is 0 Å². The highest BCUT2D eigenvalue weighted by Gasteiger charge is 2.43. The third kappa shape index (κ3) is 2.78. The lowest BCUT2D eigenvalue weighted by Crippen LogP contribution is -2.41. The van der Waals surface area contributed by atoms with Crippen LogP contribution in [0.15, 0.2) is 0 Å². The van der Waals surface area contributed by atoms with Gasteiger partial charge in [0.25, 0.3) is 0 Å². The van der Waals surface area contributed by atoms with Gasteiger partial charge in [-0.15, -0.1) is 0 Å². The molecule has 2 fully saturated rings. The molecule has 2 nitrogen and oxygen atoms in total. The number of hydrogen-bond acceptors (Lipinski definition) is 2. The molecule has 0 aromatic heterocycles. The van der Waals surface area contributed by atoms with Gasteiger partial charge < -0.3 is 10.1 Å². The maximum Gasteiger partial charge on any atom is 0.0623 e. The zero-order valence-corrected chi connectivity index (χ0v) is 10.9. The van der Waals surface area contributed by atoms with Crippen molar-refractivity contribution in [1.82, 2.24) is 5.32 Å². The van der Waals surface area contributed by atoms with E-state index in [1.54, 1.807) is 0 Å². The molecule has 2 aliphatic heterocycles. The van der Waals surface area contributed by atoms with Gasteiger partial charge in [0.2, 0.25) is 0 Å². The molecule has 4 atom stereocenters. The van der Waals surface area contributed by atoms with Crippen LogP contribution in [-0.2, 0) is 4.74 Å². The lowest BCUT2D eigenvalue weighted by atomic mass is 9.82. The minimum atomic E-state index is 0.580. The van der Waals surface area contributed by atoms with E-state index >= 15 is 0 Å². The minimum absolute atomic E-state index is 0.580. The van der Waals surface area contributed by atoms with Crippen LogP contribution < -0.4 is 5.32 Å². The zero-order valence-electron chi connectivity index (χ0n) is 10.9. The lowest BCUT2D eigenvalue weighted by molar-refractivity contribution is 0.0847. The summed E-state index contributed by atoms with van der Waals surface area (Å²) in [5.74, 6) is 0.803. The van der Waals surface area contributed by atoms with Crippen LogP contribution in [0.1, 0.15) is 58.8 Å². The lowest BCUT2D eigenvalue weighted by Gasteiger charge is -2.29. The number of fused-ring (bicyclic) bond motifs is 2. The fraction of sp³-hybridized carbons (Fsp3) is 1.00. The van der Waals surface area contributed by atoms with Crippen molar-refractivity contribution in [3.05, 3.63) is 0 Å². The summed E-state index contributed by atoms with van der Waals surface area (Å²) in [6.07, 6.45) is 10.4. The summed E-state index contributed by atoms with van der Waals surface area (Å²) in [5, 5.41) is 3.75. The smallest absolute Gasteiger partial charge is 0.0623 e. The van der Waals surface area contributed by atoms with Gasteiger partial charge in [-0.2, -0.15) is 0 Å². The molecule has 0 radical (unpaired) electrons. The molecule has 94 valence electrons. The van der Waals surface area contributed by atoms with Gasteiger partial charge in [-0.3, -0.25) is 0 Å². The fourth-order valence-corrected chi connectivity index (χ4v) is 3.32. The molecule has 0 aromatic carbocycles. The number of hydrogen-bond donors (Lipinski definition) is 1. The third-order valence-corrected chi connectivity index (χ3v) is 4.20. The van der Waals surface area contributed by atoms with Crippen molar-refractivity contribution in [2.75, 3.05) is 6.54 Å². The molecular weight excluding hydrogens is 198 g/mol. The first-order valence-electron chi connectivity index (χ1n) is 7.24. The van der Waals surface area contributed by atoms with Crippen LogP contribution in [0.3, 0.4) is 0 Å². The van der Waals surface area contributed by atoms with Gasteiger partial charge in [0, 0.05) is 12.0 Å². The SMILES string of the molecule is CCCCC(NCCC)C1CC2CCC1O2. The molecule has 0 aliphatic carbocycles. The van der Waals surface area contributed by atoms with E-state index in [1.165, 1.54) is 51.5 Å². The highest BCUT2D eigenvalue weighted by atomic mass is 16.5. The van der Waals surface area contributed by atoms with E-state index in [4.69, 9.17) is 4.74 Å². The Labute approximate surface area is 100 Å². The second-order valence-corrected chi connectivity index (χ2v) is 5.48. The number of rotatable bonds is 7. The van der Waals surface area contributed by atoms with Crippen molar-refractivity contribution in [2.24, 2.45) is 5.92 Å². The molecule has 2 saturated heterocycles. The maximum atomic E-state index is 5.99. The highest BCUT2D eigenvalue weighted by Crippen LogP contribution is 2.41. The van der Waals surface area contributed by atoms with E-state index in [-0.39, 0.29) is 0 Å². The molecule has 0 amide bonds. The second-order valence-electron chi connectivity index (χ2n) is 5.48. The minimum Gasteiger partial charge on any atom is -0.375 e. The van der Waals surface area contributed by atoms with Crippen molar-refractivity contribution >= 4 is 0 Å². The standard InChI is InChI=1S/C14H27NO/c1-3-5-6-13(15-9-4-2)12-10-11-7-8-14(12)16-11/h11-15H,3-10H2,1-2H3. The summed E-state index contributed by atoms with van der Waals surface area (Å²) < 4.78 is 5.99. The molecule has 2 rings (SSSR count). The normalized spacial score (nSPS) is 34.5. The van der Waals surface area contributed by atoms with Crippen LogP contribution in [0.25, 0.3) is 0 Å². The summed E-state index contributed by atoms with van der Waals surface area (Å²) in [6.45, 7) is 5.71. The Bertz CT molecular complexity index is 199. The van der Waals surface area contributed by atoms with Crippen LogP contribution in [0.5, 0.6) is 0 Å². The predicted octanol–water partition coefficient (Wildman–Crippen LogP) is 3.11. The Morgan fingerprint density at radius 3 is 2.69 bits per heavy atom. The highest BCUT2D eigenvalue weighted by molar-refractivity contribution is 4.95. The van der Waals surface area contributed by atoms with E-state index in [0.717, 1.165) is 12.0 Å². The molecule has 2 aliphatic rings. The van der Waals surface area contributed by atoms with Crippen molar-refractivity contribution in [2.45, 2.75) is 77.0 Å². The fourth-order valence-electron chi connectivity index (χ4n) is 3.32. The largest absolute Gasteiger partial charge is 0.375 e.